The van der Waals surface area contributed by atoms with Crippen molar-refractivity contribution in [1.29, 1.82) is 0 Å². The highest BCUT2D eigenvalue weighted by molar-refractivity contribution is 5.86. The van der Waals surface area contributed by atoms with E-state index in [9.17, 15) is 9.59 Å². The summed E-state index contributed by atoms with van der Waals surface area (Å²) < 4.78 is 5.48. The molecule has 2 saturated heterocycles. The average Bonchev–Trinajstić information content (AvgIpc) is 3.10. The van der Waals surface area contributed by atoms with Crippen molar-refractivity contribution < 1.29 is 14.3 Å². The van der Waals surface area contributed by atoms with E-state index in [1.165, 1.54) is 11.3 Å². The summed E-state index contributed by atoms with van der Waals surface area (Å²) in [7, 11) is 0. The minimum absolute atomic E-state index is 0.0576. The van der Waals surface area contributed by atoms with Crippen LogP contribution in [0.2, 0.25) is 0 Å². The van der Waals surface area contributed by atoms with Gasteiger partial charge in [0.2, 0.25) is 5.91 Å². The van der Waals surface area contributed by atoms with E-state index < -0.39 is 5.60 Å². The number of carbonyl (C=O) groups excluding carboxylic acids is 2. The molecule has 1 aromatic rings. The average molecular weight is 373 g/mol. The number of anilines is 1. The summed E-state index contributed by atoms with van der Waals surface area (Å²) in [6, 6.07) is 8.07. The van der Waals surface area contributed by atoms with Gasteiger partial charge in [-0.3, -0.25) is 9.69 Å². The van der Waals surface area contributed by atoms with E-state index in [1.54, 1.807) is 4.90 Å². The minimum Gasteiger partial charge on any atom is -0.444 e. The molecule has 1 atom stereocenters. The Labute approximate surface area is 162 Å². The molecule has 6 heteroatoms. The highest BCUT2D eigenvalue weighted by atomic mass is 16.6. The molecule has 1 aromatic carbocycles. The standard InChI is InChI=1S/C21H31N3O3/c1-16-7-5-8-17(15-16)22-11-13-23(14-12-22)19(25)18-9-6-10-24(18)20(26)27-21(2,3)4/h5,7-8,15,18H,6,9-14H2,1-4H3/t18-/m1/s1. The van der Waals surface area contributed by atoms with Gasteiger partial charge in [-0.2, -0.15) is 0 Å². The van der Waals surface area contributed by atoms with Gasteiger partial charge in [-0.1, -0.05) is 12.1 Å². The van der Waals surface area contributed by atoms with Crippen LogP contribution in [-0.2, 0) is 9.53 Å². The van der Waals surface area contributed by atoms with E-state index >= 15 is 0 Å². The Morgan fingerprint density at radius 3 is 2.41 bits per heavy atom. The third-order valence-corrected chi connectivity index (χ3v) is 5.12. The Bertz CT molecular complexity index is 690. The predicted octanol–water partition coefficient (Wildman–Crippen LogP) is 3.04. The lowest BCUT2D eigenvalue weighted by Crippen LogP contribution is -2.54. The molecule has 2 heterocycles. The van der Waals surface area contributed by atoms with Crippen LogP contribution in [0.1, 0.15) is 39.2 Å². The van der Waals surface area contributed by atoms with Crippen molar-refractivity contribution in [2.45, 2.75) is 52.2 Å². The number of hydrogen-bond acceptors (Lipinski definition) is 4. The second kappa shape index (κ2) is 7.79. The molecule has 0 saturated carbocycles. The number of amides is 2. The number of carbonyl (C=O) groups is 2. The Morgan fingerprint density at radius 1 is 1.07 bits per heavy atom. The van der Waals surface area contributed by atoms with Crippen LogP contribution < -0.4 is 4.90 Å². The largest absolute Gasteiger partial charge is 0.444 e. The van der Waals surface area contributed by atoms with Crippen LogP contribution in [0, 0.1) is 6.92 Å². The molecule has 0 spiro atoms. The van der Waals surface area contributed by atoms with Gasteiger partial charge in [-0.25, -0.2) is 4.79 Å². The monoisotopic (exact) mass is 373 g/mol. The van der Waals surface area contributed by atoms with Crippen molar-refractivity contribution in [1.82, 2.24) is 9.80 Å². The van der Waals surface area contributed by atoms with Crippen molar-refractivity contribution in [3.63, 3.8) is 0 Å². The number of piperazine rings is 1. The van der Waals surface area contributed by atoms with Crippen molar-refractivity contribution >= 4 is 17.7 Å². The number of ether oxygens (including phenoxy) is 1. The predicted molar refractivity (Wildman–Crippen MR) is 106 cm³/mol. The number of hydrogen-bond donors (Lipinski definition) is 0. The van der Waals surface area contributed by atoms with Gasteiger partial charge in [0.1, 0.15) is 11.6 Å². The van der Waals surface area contributed by atoms with Crippen molar-refractivity contribution in [2.24, 2.45) is 0 Å². The molecule has 3 rings (SSSR count). The van der Waals surface area contributed by atoms with E-state index in [0.717, 1.165) is 25.9 Å². The van der Waals surface area contributed by atoms with E-state index in [4.69, 9.17) is 4.74 Å². The summed E-state index contributed by atoms with van der Waals surface area (Å²) in [5.41, 5.74) is 1.90. The third-order valence-electron chi connectivity index (χ3n) is 5.12. The number of aryl methyl sites for hydroxylation is 1. The third kappa shape index (κ3) is 4.73. The molecule has 0 aliphatic carbocycles. The maximum atomic E-state index is 13.0. The second-order valence-corrected chi connectivity index (χ2v) is 8.48. The van der Waals surface area contributed by atoms with Crippen LogP contribution in [0.3, 0.4) is 0 Å². The maximum absolute atomic E-state index is 13.0. The van der Waals surface area contributed by atoms with Gasteiger partial charge < -0.3 is 14.5 Å². The molecule has 2 aliphatic rings. The van der Waals surface area contributed by atoms with Crippen LogP contribution in [-0.4, -0.2) is 66.2 Å². The number of nitrogens with zero attached hydrogens (tertiary/aromatic N) is 3. The fourth-order valence-corrected chi connectivity index (χ4v) is 3.78. The van der Waals surface area contributed by atoms with E-state index in [1.807, 2.05) is 25.7 Å². The summed E-state index contributed by atoms with van der Waals surface area (Å²) in [4.78, 5) is 31.3. The van der Waals surface area contributed by atoms with Gasteiger partial charge in [0.25, 0.3) is 0 Å². The lowest BCUT2D eigenvalue weighted by molar-refractivity contribution is -0.136. The molecular formula is C21H31N3O3. The molecule has 2 fully saturated rings. The van der Waals surface area contributed by atoms with E-state index in [2.05, 4.69) is 36.1 Å². The van der Waals surface area contributed by atoms with E-state index in [-0.39, 0.29) is 18.0 Å². The molecule has 0 unspecified atom stereocenters. The van der Waals surface area contributed by atoms with Gasteiger partial charge in [0.15, 0.2) is 0 Å². The number of benzene rings is 1. The summed E-state index contributed by atoms with van der Waals surface area (Å²) in [5.74, 6) is 0.0576. The maximum Gasteiger partial charge on any atom is 0.410 e. The Morgan fingerprint density at radius 2 is 1.78 bits per heavy atom. The highest BCUT2D eigenvalue weighted by Crippen LogP contribution is 2.24. The van der Waals surface area contributed by atoms with E-state index in [0.29, 0.717) is 19.6 Å². The molecule has 0 aromatic heterocycles. The van der Waals surface area contributed by atoms with Crippen LogP contribution >= 0.6 is 0 Å². The minimum atomic E-state index is -0.549. The molecule has 0 N–H and O–H groups in total. The summed E-state index contributed by atoms with van der Waals surface area (Å²) in [6.45, 7) is 11.2. The van der Waals surface area contributed by atoms with Crippen molar-refractivity contribution in [2.75, 3.05) is 37.6 Å². The molecule has 148 valence electrons. The molecule has 2 aliphatic heterocycles. The first-order valence-electron chi connectivity index (χ1n) is 9.84. The van der Waals surface area contributed by atoms with Crippen LogP contribution in [0.15, 0.2) is 24.3 Å². The fourth-order valence-electron chi connectivity index (χ4n) is 3.78. The number of likely N-dealkylation sites (tertiary alicyclic amines) is 1. The van der Waals surface area contributed by atoms with Crippen LogP contribution in [0.25, 0.3) is 0 Å². The van der Waals surface area contributed by atoms with Gasteiger partial charge in [0.05, 0.1) is 0 Å². The first kappa shape index (κ1) is 19.5. The topological polar surface area (TPSA) is 53.1 Å². The Hall–Kier alpha value is -2.24. The van der Waals surface area contributed by atoms with Gasteiger partial charge in [0, 0.05) is 38.4 Å². The fraction of sp³-hybridized carbons (Fsp3) is 0.619. The van der Waals surface area contributed by atoms with Crippen LogP contribution in [0.4, 0.5) is 10.5 Å². The van der Waals surface area contributed by atoms with Gasteiger partial charge in [-0.05, 0) is 58.2 Å². The molecule has 27 heavy (non-hydrogen) atoms. The first-order valence-corrected chi connectivity index (χ1v) is 9.84. The normalized spacial score (nSPS) is 20.7. The van der Waals surface area contributed by atoms with Crippen LogP contribution in [0.5, 0.6) is 0 Å². The molecule has 2 amide bonds. The summed E-state index contributed by atoms with van der Waals surface area (Å²) in [6.07, 6.45) is 1.19. The first-order chi connectivity index (χ1) is 12.7. The zero-order valence-corrected chi connectivity index (χ0v) is 16.9. The summed E-state index contributed by atoms with van der Waals surface area (Å²) >= 11 is 0. The second-order valence-electron chi connectivity index (χ2n) is 8.48. The van der Waals surface area contributed by atoms with Crippen molar-refractivity contribution in [3.8, 4) is 0 Å². The zero-order valence-electron chi connectivity index (χ0n) is 16.9. The molecule has 0 bridgehead atoms. The molecule has 6 nitrogen and oxygen atoms in total. The van der Waals surface area contributed by atoms with Crippen molar-refractivity contribution in [3.05, 3.63) is 29.8 Å². The van der Waals surface area contributed by atoms with Gasteiger partial charge in [-0.15, -0.1) is 0 Å². The molecular weight excluding hydrogens is 342 g/mol. The quantitative estimate of drug-likeness (QED) is 0.800. The zero-order chi connectivity index (χ0) is 19.6. The number of rotatable bonds is 2. The highest BCUT2D eigenvalue weighted by Gasteiger charge is 2.39. The SMILES string of the molecule is Cc1cccc(N2CCN(C(=O)[C@H]3CCCN3C(=O)OC(C)(C)C)CC2)c1. The lowest BCUT2D eigenvalue weighted by Gasteiger charge is -2.38. The smallest absolute Gasteiger partial charge is 0.410 e. The Balaban J connectivity index is 1.59. The summed E-state index contributed by atoms with van der Waals surface area (Å²) in [5, 5.41) is 0. The Kier molecular flexibility index (Phi) is 5.63. The molecule has 0 radical (unpaired) electrons. The lowest BCUT2D eigenvalue weighted by atomic mass is 10.1. The van der Waals surface area contributed by atoms with Gasteiger partial charge >= 0.3 is 6.09 Å².